The normalized spacial score (nSPS) is 16.5. The Morgan fingerprint density at radius 3 is 2.88 bits per heavy atom. The number of amides is 1. The van der Waals surface area contributed by atoms with E-state index < -0.39 is 6.10 Å². The SMILES string of the molecule is C[C@H]1Oc2ccccc2N(Cc2nc(-c3cccc(Cl)c3)no2)C1=O. The van der Waals surface area contributed by atoms with Crippen LogP contribution in [-0.4, -0.2) is 22.2 Å². The summed E-state index contributed by atoms with van der Waals surface area (Å²) < 4.78 is 10.9. The Labute approximate surface area is 149 Å². The van der Waals surface area contributed by atoms with Crippen LogP contribution in [0.3, 0.4) is 0 Å². The van der Waals surface area contributed by atoms with E-state index in [4.69, 9.17) is 20.9 Å². The second-order valence-electron chi connectivity index (χ2n) is 5.67. The molecule has 0 N–H and O–H groups in total. The van der Waals surface area contributed by atoms with Crippen LogP contribution in [0.2, 0.25) is 5.02 Å². The summed E-state index contributed by atoms with van der Waals surface area (Å²) in [5.41, 5.74) is 1.44. The molecule has 0 bridgehead atoms. The Morgan fingerprint density at radius 2 is 2.04 bits per heavy atom. The maximum atomic E-state index is 12.5. The number of benzene rings is 2. The smallest absolute Gasteiger partial charge is 0.268 e. The van der Waals surface area contributed by atoms with Gasteiger partial charge in [0.2, 0.25) is 11.7 Å². The lowest BCUT2D eigenvalue weighted by molar-refractivity contribution is -0.125. The van der Waals surface area contributed by atoms with Crippen LogP contribution in [0.15, 0.2) is 53.1 Å². The van der Waals surface area contributed by atoms with Crippen LogP contribution >= 0.6 is 11.6 Å². The highest BCUT2D eigenvalue weighted by atomic mass is 35.5. The van der Waals surface area contributed by atoms with Crippen molar-refractivity contribution in [3.8, 4) is 17.1 Å². The number of carbonyl (C=O) groups is 1. The summed E-state index contributed by atoms with van der Waals surface area (Å²) >= 11 is 6.00. The molecule has 1 amide bonds. The average molecular weight is 356 g/mol. The third-order valence-corrected chi connectivity index (χ3v) is 4.15. The third kappa shape index (κ3) is 2.96. The molecule has 0 aliphatic carbocycles. The molecule has 126 valence electrons. The Balaban J connectivity index is 1.63. The summed E-state index contributed by atoms with van der Waals surface area (Å²) in [4.78, 5) is 18.5. The van der Waals surface area contributed by atoms with E-state index in [1.807, 2.05) is 36.4 Å². The van der Waals surface area contributed by atoms with E-state index in [0.29, 0.717) is 28.2 Å². The van der Waals surface area contributed by atoms with Gasteiger partial charge in [0, 0.05) is 10.6 Å². The molecule has 0 spiro atoms. The molecule has 0 fully saturated rings. The van der Waals surface area contributed by atoms with Crippen molar-refractivity contribution in [1.29, 1.82) is 0 Å². The van der Waals surface area contributed by atoms with E-state index >= 15 is 0 Å². The van der Waals surface area contributed by atoms with Crippen molar-refractivity contribution in [1.82, 2.24) is 10.1 Å². The number of carbonyl (C=O) groups excluding carboxylic acids is 1. The molecule has 0 saturated heterocycles. The summed E-state index contributed by atoms with van der Waals surface area (Å²) in [5.74, 6) is 1.28. The van der Waals surface area contributed by atoms with Gasteiger partial charge in [-0.1, -0.05) is 41.0 Å². The molecule has 6 nitrogen and oxygen atoms in total. The Morgan fingerprint density at radius 1 is 1.20 bits per heavy atom. The molecular weight excluding hydrogens is 342 g/mol. The molecule has 25 heavy (non-hydrogen) atoms. The largest absolute Gasteiger partial charge is 0.479 e. The molecule has 1 aliphatic rings. The fourth-order valence-corrected chi connectivity index (χ4v) is 2.91. The van der Waals surface area contributed by atoms with E-state index in [9.17, 15) is 4.79 Å². The van der Waals surface area contributed by atoms with Crippen LogP contribution < -0.4 is 9.64 Å². The fourth-order valence-electron chi connectivity index (χ4n) is 2.72. The van der Waals surface area contributed by atoms with Crippen LogP contribution in [-0.2, 0) is 11.3 Å². The molecule has 0 radical (unpaired) electrons. The lowest BCUT2D eigenvalue weighted by Crippen LogP contribution is -2.44. The highest BCUT2D eigenvalue weighted by Gasteiger charge is 2.32. The van der Waals surface area contributed by atoms with E-state index in [-0.39, 0.29) is 12.5 Å². The Bertz CT molecular complexity index is 941. The summed E-state index contributed by atoms with van der Waals surface area (Å²) in [7, 11) is 0. The van der Waals surface area contributed by atoms with Gasteiger partial charge in [-0.2, -0.15) is 4.98 Å². The van der Waals surface area contributed by atoms with Crippen molar-refractivity contribution in [3.05, 3.63) is 59.4 Å². The number of aromatic nitrogens is 2. The van der Waals surface area contributed by atoms with Crippen molar-refractivity contribution >= 4 is 23.2 Å². The number of ether oxygens (including phenoxy) is 1. The van der Waals surface area contributed by atoms with Crippen LogP contribution in [0, 0.1) is 0 Å². The van der Waals surface area contributed by atoms with Crippen LogP contribution in [0.25, 0.3) is 11.4 Å². The molecule has 1 atom stereocenters. The Kier molecular flexibility index (Phi) is 3.89. The zero-order valence-corrected chi connectivity index (χ0v) is 14.1. The van der Waals surface area contributed by atoms with Gasteiger partial charge in [-0.25, -0.2) is 0 Å². The predicted molar refractivity (Wildman–Crippen MR) is 92.5 cm³/mol. The molecule has 7 heteroatoms. The van der Waals surface area contributed by atoms with Gasteiger partial charge in [0.05, 0.1) is 5.69 Å². The maximum absolute atomic E-state index is 12.5. The first kappa shape index (κ1) is 15.7. The zero-order chi connectivity index (χ0) is 17.4. The van der Waals surface area contributed by atoms with E-state index in [0.717, 1.165) is 5.56 Å². The highest BCUT2D eigenvalue weighted by Crippen LogP contribution is 2.34. The van der Waals surface area contributed by atoms with E-state index in [1.54, 1.807) is 24.0 Å². The minimum Gasteiger partial charge on any atom is -0.479 e. The first-order chi connectivity index (χ1) is 12.1. The molecule has 0 unspecified atom stereocenters. The van der Waals surface area contributed by atoms with Gasteiger partial charge in [-0.05, 0) is 31.2 Å². The monoisotopic (exact) mass is 355 g/mol. The minimum absolute atomic E-state index is 0.152. The van der Waals surface area contributed by atoms with Gasteiger partial charge in [-0.15, -0.1) is 0 Å². The number of hydrogen-bond acceptors (Lipinski definition) is 5. The number of fused-ring (bicyclic) bond motifs is 1. The second kappa shape index (κ2) is 6.22. The van der Waals surface area contributed by atoms with Gasteiger partial charge in [-0.3, -0.25) is 9.69 Å². The van der Waals surface area contributed by atoms with Crippen LogP contribution in [0.4, 0.5) is 5.69 Å². The highest BCUT2D eigenvalue weighted by molar-refractivity contribution is 6.30. The van der Waals surface area contributed by atoms with Gasteiger partial charge >= 0.3 is 0 Å². The second-order valence-corrected chi connectivity index (χ2v) is 6.11. The number of halogens is 1. The molecule has 1 aromatic heterocycles. The Hall–Kier alpha value is -2.86. The summed E-state index contributed by atoms with van der Waals surface area (Å²) in [6.45, 7) is 1.90. The van der Waals surface area contributed by atoms with Crippen LogP contribution in [0.5, 0.6) is 5.75 Å². The van der Waals surface area contributed by atoms with Crippen molar-refractivity contribution in [2.24, 2.45) is 0 Å². The van der Waals surface area contributed by atoms with Crippen LogP contribution in [0.1, 0.15) is 12.8 Å². The lowest BCUT2D eigenvalue weighted by atomic mass is 10.2. The first-order valence-electron chi connectivity index (χ1n) is 7.77. The number of rotatable bonds is 3. The van der Waals surface area contributed by atoms with Crippen molar-refractivity contribution in [2.75, 3.05) is 4.90 Å². The molecule has 2 aromatic carbocycles. The van der Waals surface area contributed by atoms with E-state index in [2.05, 4.69) is 10.1 Å². The van der Waals surface area contributed by atoms with Gasteiger partial charge < -0.3 is 9.26 Å². The van der Waals surface area contributed by atoms with Gasteiger partial charge in [0.15, 0.2) is 6.10 Å². The zero-order valence-electron chi connectivity index (χ0n) is 13.3. The maximum Gasteiger partial charge on any atom is 0.268 e. The van der Waals surface area contributed by atoms with E-state index in [1.165, 1.54) is 0 Å². The quantitative estimate of drug-likeness (QED) is 0.716. The first-order valence-corrected chi connectivity index (χ1v) is 8.15. The molecule has 2 heterocycles. The number of hydrogen-bond donors (Lipinski definition) is 0. The molecule has 4 rings (SSSR count). The average Bonchev–Trinajstić information content (AvgIpc) is 3.08. The summed E-state index contributed by atoms with van der Waals surface area (Å²) in [6.07, 6.45) is -0.565. The molecule has 1 aliphatic heterocycles. The fraction of sp³-hybridized carbons (Fsp3) is 0.167. The number of anilines is 1. The summed E-state index contributed by atoms with van der Waals surface area (Å²) in [6, 6.07) is 14.6. The number of nitrogens with zero attached hydrogens (tertiary/aromatic N) is 3. The topological polar surface area (TPSA) is 68.5 Å². The lowest BCUT2D eigenvalue weighted by Gasteiger charge is -2.31. The molecule has 3 aromatic rings. The van der Waals surface area contributed by atoms with Crippen molar-refractivity contribution in [2.45, 2.75) is 19.6 Å². The molecule has 0 saturated carbocycles. The van der Waals surface area contributed by atoms with Crippen molar-refractivity contribution in [3.63, 3.8) is 0 Å². The van der Waals surface area contributed by atoms with Gasteiger partial charge in [0.1, 0.15) is 12.3 Å². The summed E-state index contributed by atoms with van der Waals surface area (Å²) in [5, 5.41) is 4.57. The number of para-hydroxylation sites is 2. The standard InChI is InChI=1S/C18H14ClN3O3/c1-11-18(23)22(14-7-2-3-8-15(14)24-11)10-16-20-17(21-25-16)12-5-4-6-13(19)9-12/h2-9,11H,10H2,1H3/t11-/m1/s1. The van der Waals surface area contributed by atoms with Gasteiger partial charge in [0.25, 0.3) is 5.91 Å². The minimum atomic E-state index is -0.565. The predicted octanol–water partition coefficient (Wildman–Crippen LogP) is 3.70. The van der Waals surface area contributed by atoms with Crippen molar-refractivity contribution < 1.29 is 14.1 Å². The molecular formula is C18H14ClN3O3. The third-order valence-electron chi connectivity index (χ3n) is 3.92.